The molecule has 0 aromatic heterocycles. The van der Waals surface area contributed by atoms with Crippen molar-refractivity contribution >= 4 is 84.3 Å². The summed E-state index contributed by atoms with van der Waals surface area (Å²) in [7, 11) is 0. The van der Waals surface area contributed by atoms with Crippen LogP contribution in [-0.4, -0.2) is 18.4 Å². The Hall–Kier alpha value is -2.83. The van der Waals surface area contributed by atoms with E-state index in [1.54, 1.807) is 30.3 Å². The topological polar surface area (TPSA) is 91.2 Å². The summed E-state index contributed by atoms with van der Waals surface area (Å²) in [4.78, 5) is 25.0. The maximum atomic E-state index is 12.7. The molecule has 3 aromatic rings. The number of carbonyl (C=O) groups excluding carboxylic acids is 2. The van der Waals surface area contributed by atoms with E-state index in [1.165, 1.54) is 12.1 Å². The maximum absolute atomic E-state index is 12.7. The molecule has 6 nitrogen and oxygen atoms in total. The molecular weight excluding hydrogens is 633 g/mol. The van der Waals surface area contributed by atoms with Crippen LogP contribution in [0.1, 0.15) is 16.7 Å². The molecule has 2 amide bonds. The Labute approximate surface area is 235 Å². The van der Waals surface area contributed by atoms with Crippen LogP contribution >= 0.6 is 55.1 Å². The largest absolute Gasteiger partial charge is 0.481 e. The quantitative estimate of drug-likeness (QED) is 0.202. The Morgan fingerprint density at radius 3 is 2.36 bits per heavy atom. The molecule has 0 aliphatic carbocycles. The highest BCUT2D eigenvalue weighted by Crippen LogP contribution is 2.35. The minimum atomic E-state index is -0.516. The molecule has 0 aliphatic rings. The molecule has 3 rings (SSSR count). The van der Waals surface area contributed by atoms with Crippen molar-refractivity contribution < 1.29 is 14.3 Å². The smallest absolute Gasteiger partial charge is 0.266 e. The number of aryl methyl sites for hydroxylation is 1. The Balaban J connectivity index is 1.71. The fourth-order valence-corrected chi connectivity index (χ4v) is 4.85. The minimum absolute atomic E-state index is 0.0654. The van der Waals surface area contributed by atoms with Crippen LogP contribution in [0, 0.1) is 25.2 Å². The molecule has 0 aliphatic heterocycles. The zero-order chi connectivity index (χ0) is 26.4. The first-order chi connectivity index (χ1) is 17.1. The van der Waals surface area contributed by atoms with E-state index in [2.05, 4.69) is 42.5 Å². The van der Waals surface area contributed by atoms with Crippen LogP contribution < -0.4 is 15.4 Å². The first-order valence-corrected chi connectivity index (χ1v) is 12.8. The van der Waals surface area contributed by atoms with Crippen molar-refractivity contribution in [3.63, 3.8) is 0 Å². The lowest BCUT2D eigenvalue weighted by atomic mass is 10.1. The van der Waals surface area contributed by atoms with Gasteiger partial charge >= 0.3 is 0 Å². The predicted octanol–water partition coefficient (Wildman–Crippen LogP) is 7.70. The monoisotopic (exact) mass is 649 g/mol. The molecule has 184 valence electrons. The number of carbonyl (C=O) groups is 2. The number of ether oxygens (including phenoxy) is 1. The van der Waals surface area contributed by atoms with Crippen molar-refractivity contribution in [3.8, 4) is 11.8 Å². The second kappa shape index (κ2) is 12.4. The fraction of sp³-hybridized carbons (Fsp3) is 0.115. The molecule has 0 heterocycles. The number of halogens is 4. The van der Waals surface area contributed by atoms with Crippen molar-refractivity contribution in [2.75, 3.05) is 17.2 Å². The van der Waals surface area contributed by atoms with E-state index in [9.17, 15) is 14.9 Å². The third-order valence-corrected chi connectivity index (χ3v) is 7.02. The summed E-state index contributed by atoms with van der Waals surface area (Å²) in [6.07, 6.45) is 1.47. The molecule has 36 heavy (non-hydrogen) atoms. The van der Waals surface area contributed by atoms with Crippen molar-refractivity contribution in [1.29, 1.82) is 5.26 Å². The molecule has 0 radical (unpaired) electrons. The average molecular weight is 652 g/mol. The lowest BCUT2D eigenvalue weighted by Crippen LogP contribution is -2.20. The van der Waals surface area contributed by atoms with Crippen molar-refractivity contribution in [2.45, 2.75) is 13.8 Å². The Morgan fingerprint density at radius 2 is 1.72 bits per heavy atom. The number of hydrogen-bond acceptors (Lipinski definition) is 4. The summed E-state index contributed by atoms with van der Waals surface area (Å²) < 4.78 is 6.71. The van der Waals surface area contributed by atoms with Gasteiger partial charge in [0.25, 0.3) is 11.8 Å². The van der Waals surface area contributed by atoms with E-state index in [-0.39, 0.29) is 12.2 Å². The second-order valence-electron chi connectivity index (χ2n) is 7.65. The maximum Gasteiger partial charge on any atom is 0.266 e. The molecular formula is C26H19Br2Cl2N3O3. The van der Waals surface area contributed by atoms with E-state index in [0.29, 0.717) is 41.7 Å². The summed E-state index contributed by atoms with van der Waals surface area (Å²) in [6.45, 7) is 3.58. The SMILES string of the molecule is Cc1cccc(NC(=O)/C(C#N)=C\c2cc(Br)c(OCC(=O)Nc3ccc(Cl)c(Cl)c3)c(Br)c2)c1C. The summed E-state index contributed by atoms with van der Waals surface area (Å²) in [5.74, 6) is -0.529. The van der Waals surface area contributed by atoms with Gasteiger partial charge in [0.1, 0.15) is 17.4 Å². The highest BCUT2D eigenvalue weighted by molar-refractivity contribution is 9.11. The Kier molecular flexibility index (Phi) is 9.57. The summed E-state index contributed by atoms with van der Waals surface area (Å²) >= 11 is 18.7. The van der Waals surface area contributed by atoms with Gasteiger partial charge in [-0.1, -0.05) is 35.3 Å². The van der Waals surface area contributed by atoms with Crippen molar-refractivity contribution in [1.82, 2.24) is 0 Å². The number of nitriles is 1. The van der Waals surface area contributed by atoms with Crippen LogP contribution in [0.2, 0.25) is 10.0 Å². The van der Waals surface area contributed by atoms with Crippen LogP contribution in [0.15, 0.2) is 63.0 Å². The average Bonchev–Trinajstić information content (AvgIpc) is 2.82. The van der Waals surface area contributed by atoms with Crippen LogP contribution in [0.25, 0.3) is 6.08 Å². The molecule has 3 aromatic carbocycles. The van der Waals surface area contributed by atoms with E-state index >= 15 is 0 Å². The van der Waals surface area contributed by atoms with Crippen molar-refractivity contribution in [3.05, 3.63) is 89.8 Å². The minimum Gasteiger partial charge on any atom is -0.481 e. The summed E-state index contributed by atoms with van der Waals surface area (Å²) in [6, 6.07) is 15.6. The molecule has 0 bridgehead atoms. The number of benzene rings is 3. The van der Waals surface area contributed by atoms with Crippen LogP contribution in [0.4, 0.5) is 11.4 Å². The van der Waals surface area contributed by atoms with Crippen LogP contribution in [0.3, 0.4) is 0 Å². The lowest BCUT2D eigenvalue weighted by Gasteiger charge is -2.12. The van der Waals surface area contributed by atoms with Gasteiger partial charge in [-0.25, -0.2) is 0 Å². The van der Waals surface area contributed by atoms with Gasteiger partial charge in [-0.2, -0.15) is 5.26 Å². The van der Waals surface area contributed by atoms with E-state index in [1.807, 2.05) is 32.0 Å². The van der Waals surface area contributed by atoms with Gasteiger partial charge in [-0.3, -0.25) is 9.59 Å². The molecule has 0 spiro atoms. The molecule has 0 saturated heterocycles. The van der Waals surface area contributed by atoms with Gasteiger partial charge in [-0.05, 0) is 105 Å². The zero-order valence-corrected chi connectivity index (χ0v) is 23.8. The molecule has 2 N–H and O–H groups in total. The fourth-order valence-electron chi connectivity index (χ4n) is 3.10. The lowest BCUT2D eigenvalue weighted by molar-refractivity contribution is -0.118. The molecule has 0 saturated carbocycles. The normalized spacial score (nSPS) is 11.0. The van der Waals surface area contributed by atoms with E-state index in [4.69, 9.17) is 27.9 Å². The number of rotatable bonds is 7. The third-order valence-electron chi connectivity index (χ3n) is 5.10. The Morgan fingerprint density at radius 1 is 1.03 bits per heavy atom. The number of amides is 2. The second-order valence-corrected chi connectivity index (χ2v) is 10.2. The van der Waals surface area contributed by atoms with E-state index < -0.39 is 11.8 Å². The van der Waals surface area contributed by atoms with Crippen LogP contribution in [0.5, 0.6) is 5.75 Å². The third kappa shape index (κ3) is 7.11. The zero-order valence-electron chi connectivity index (χ0n) is 19.1. The molecule has 0 atom stereocenters. The molecule has 0 unspecified atom stereocenters. The highest BCUT2D eigenvalue weighted by atomic mass is 79.9. The standard InChI is InChI=1S/C26H19Br2Cl2N3O3/c1-14-4-3-5-23(15(14)2)33-26(35)17(12-31)8-16-9-19(27)25(20(28)10-16)36-13-24(34)32-18-6-7-21(29)22(30)11-18/h3-11H,13H2,1-2H3,(H,32,34)(H,33,35)/b17-8-. The van der Waals surface area contributed by atoms with Gasteiger partial charge in [0.15, 0.2) is 6.61 Å². The summed E-state index contributed by atoms with van der Waals surface area (Å²) in [5.41, 5.74) is 3.60. The predicted molar refractivity (Wildman–Crippen MR) is 151 cm³/mol. The van der Waals surface area contributed by atoms with Gasteiger partial charge in [-0.15, -0.1) is 0 Å². The van der Waals surface area contributed by atoms with Gasteiger partial charge < -0.3 is 15.4 Å². The highest BCUT2D eigenvalue weighted by Gasteiger charge is 2.15. The number of nitrogens with zero attached hydrogens (tertiary/aromatic N) is 1. The van der Waals surface area contributed by atoms with Crippen molar-refractivity contribution in [2.24, 2.45) is 0 Å². The van der Waals surface area contributed by atoms with E-state index in [0.717, 1.165) is 11.1 Å². The van der Waals surface area contributed by atoms with Crippen LogP contribution in [-0.2, 0) is 9.59 Å². The first-order valence-electron chi connectivity index (χ1n) is 10.4. The van der Waals surface area contributed by atoms with Gasteiger partial charge in [0.05, 0.1) is 19.0 Å². The Bertz CT molecular complexity index is 1400. The first kappa shape index (κ1) is 27.8. The van der Waals surface area contributed by atoms with Gasteiger partial charge in [0.2, 0.25) is 0 Å². The van der Waals surface area contributed by atoms with Gasteiger partial charge in [0, 0.05) is 11.4 Å². The summed E-state index contributed by atoms with van der Waals surface area (Å²) in [5, 5.41) is 15.7. The molecule has 10 heteroatoms. The number of nitrogens with one attached hydrogen (secondary N) is 2. The molecule has 0 fully saturated rings. The number of anilines is 2. The number of hydrogen-bond donors (Lipinski definition) is 2.